The fourth-order valence-corrected chi connectivity index (χ4v) is 6.50. The molecule has 0 fully saturated rings. The van der Waals surface area contributed by atoms with Crippen molar-refractivity contribution < 1.29 is 27.1 Å². The van der Waals surface area contributed by atoms with Crippen molar-refractivity contribution in [1.29, 1.82) is 0 Å². The first-order valence-electron chi connectivity index (χ1n) is 14.8. The maximum Gasteiger partial charge on any atom is 0.261 e. The van der Waals surface area contributed by atoms with Crippen molar-refractivity contribution in [2.24, 2.45) is 0 Å². The Morgan fingerprint density at radius 1 is 0.796 bits per heavy atom. The molecule has 2 N–H and O–H groups in total. The second kappa shape index (κ2) is 16.2. The number of anilines is 1. The number of rotatable bonds is 13. The number of benzene rings is 5. The molecule has 0 aliphatic carbocycles. The fraction of sp³-hybridized carbons (Fsp3) is 0.111. The Bertz CT molecular complexity index is 2020. The van der Waals surface area contributed by atoms with Gasteiger partial charge in [0.2, 0.25) is 5.91 Å². The number of nitrogens with one attached hydrogen (secondary N) is 2. The third-order valence-corrected chi connectivity index (χ3v) is 9.56. The molecule has 0 saturated carbocycles. The van der Waals surface area contributed by atoms with E-state index in [1.807, 2.05) is 0 Å². The number of halogens is 4. The molecule has 0 radical (unpaired) electrons. The molecule has 0 saturated heterocycles. The minimum atomic E-state index is -3.98. The Morgan fingerprint density at radius 3 is 2.10 bits per heavy atom. The predicted molar refractivity (Wildman–Crippen MR) is 189 cm³/mol. The Kier molecular flexibility index (Phi) is 11.8. The van der Waals surface area contributed by atoms with Crippen molar-refractivity contribution in [2.45, 2.75) is 24.0 Å². The molecule has 0 aliphatic rings. The first-order valence-corrected chi connectivity index (χ1v) is 17.4. The van der Waals surface area contributed by atoms with E-state index in [1.54, 1.807) is 72.8 Å². The summed E-state index contributed by atoms with van der Waals surface area (Å²) in [7, 11) is -3.98. The van der Waals surface area contributed by atoms with Crippen LogP contribution in [-0.4, -0.2) is 31.7 Å². The van der Waals surface area contributed by atoms with Crippen LogP contribution in [0.25, 0.3) is 0 Å². The number of hydrogen-bond acceptors (Lipinski definition) is 5. The second-order valence-corrected chi connectivity index (χ2v) is 13.7. The van der Waals surface area contributed by atoms with Gasteiger partial charge in [-0.1, -0.05) is 83.3 Å². The van der Waals surface area contributed by atoms with Gasteiger partial charge in [-0.05, 0) is 89.5 Å². The lowest BCUT2D eigenvalue weighted by atomic mass is 10.0. The van der Waals surface area contributed by atoms with E-state index >= 15 is 0 Å². The average Bonchev–Trinajstić information content (AvgIpc) is 3.09. The van der Waals surface area contributed by atoms with E-state index < -0.39 is 40.3 Å². The molecule has 0 aromatic heterocycles. The molecule has 5 aromatic rings. The molecule has 2 amide bonds. The molecule has 0 aliphatic heterocycles. The number of amides is 2. The van der Waals surface area contributed by atoms with Crippen LogP contribution in [0.3, 0.4) is 0 Å². The Hall–Kier alpha value is -4.61. The van der Waals surface area contributed by atoms with Crippen LogP contribution in [0.15, 0.2) is 126 Å². The van der Waals surface area contributed by atoms with Gasteiger partial charge in [-0.3, -0.25) is 14.3 Å². The highest BCUT2D eigenvalue weighted by molar-refractivity contribution is 7.92. The molecular weight excluding hydrogens is 712 g/mol. The van der Waals surface area contributed by atoms with Crippen molar-refractivity contribution in [3.8, 4) is 5.75 Å². The normalized spacial score (nSPS) is 11.8. The molecule has 5 rings (SSSR count). The van der Waals surface area contributed by atoms with E-state index in [1.165, 1.54) is 41.3 Å². The van der Waals surface area contributed by atoms with Gasteiger partial charge in [0.25, 0.3) is 15.9 Å². The standard InChI is InChI=1S/C36H29Cl3FN3O5S/c37-27-9-6-24(7-10-27)22-43(35(25-4-2-1-3-5-25)36(45)41-21-26-8-11-28(38)20-33(26)39)34(44)23-48-31-16-18-32(19-17-31)49(46,47)42-30-14-12-29(40)13-15-30/h1-20,35,42H,21-23H2,(H,41,45)/t35-/m0/s1. The quantitative estimate of drug-likeness (QED) is 0.127. The summed E-state index contributed by atoms with van der Waals surface area (Å²) in [6, 6.07) is 30.0. The summed E-state index contributed by atoms with van der Waals surface area (Å²) < 4.78 is 47.1. The molecule has 0 heterocycles. The average molecular weight is 741 g/mol. The SMILES string of the molecule is O=C(NCc1ccc(Cl)cc1Cl)[C@H](c1ccccc1)N(Cc1ccc(Cl)cc1)C(=O)COc1ccc(S(=O)(=O)Nc2ccc(F)cc2)cc1. The number of carbonyl (C=O) groups is 2. The zero-order chi connectivity index (χ0) is 35.0. The summed E-state index contributed by atoms with van der Waals surface area (Å²) in [6.45, 7) is -0.337. The van der Waals surface area contributed by atoms with Gasteiger partial charge in [0, 0.05) is 33.8 Å². The Morgan fingerprint density at radius 2 is 1.45 bits per heavy atom. The van der Waals surface area contributed by atoms with Crippen LogP contribution in [0.5, 0.6) is 5.75 Å². The van der Waals surface area contributed by atoms with Crippen molar-refractivity contribution in [2.75, 3.05) is 11.3 Å². The number of nitrogens with zero attached hydrogens (tertiary/aromatic N) is 1. The van der Waals surface area contributed by atoms with Crippen LogP contribution < -0.4 is 14.8 Å². The van der Waals surface area contributed by atoms with Crippen molar-refractivity contribution >= 4 is 62.3 Å². The molecule has 8 nitrogen and oxygen atoms in total. The molecular formula is C36H29Cl3FN3O5S. The van der Waals surface area contributed by atoms with E-state index in [0.717, 1.165) is 17.7 Å². The van der Waals surface area contributed by atoms with Gasteiger partial charge < -0.3 is 15.0 Å². The van der Waals surface area contributed by atoms with Gasteiger partial charge >= 0.3 is 0 Å². The van der Waals surface area contributed by atoms with Gasteiger partial charge in [0.1, 0.15) is 17.6 Å². The second-order valence-electron chi connectivity index (χ2n) is 10.8. The minimum Gasteiger partial charge on any atom is -0.484 e. The molecule has 0 bridgehead atoms. The lowest BCUT2D eigenvalue weighted by Gasteiger charge is -2.31. The first-order chi connectivity index (χ1) is 23.5. The topological polar surface area (TPSA) is 105 Å². The smallest absolute Gasteiger partial charge is 0.261 e. The number of hydrogen-bond donors (Lipinski definition) is 2. The van der Waals surface area contributed by atoms with Crippen molar-refractivity contribution in [3.63, 3.8) is 0 Å². The van der Waals surface area contributed by atoms with E-state index in [4.69, 9.17) is 39.5 Å². The molecule has 5 aromatic carbocycles. The molecule has 13 heteroatoms. The zero-order valence-electron chi connectivity index (χ0n) is 25.7. The fourth-order valence-electron chi connectivity index (χ4n) is 4.84. The van der Waals surface area contributed by atoms with Gasteiger partial charge in [-0.25, -0.2) is 12.8 Å². The van der Waals surface area contributed by atoms with Gasteiger partial charge in [0.05, 0.1) is 4.90 Å². The summed E-state index contributed by atoms with van der Waals surface area (Å²) in [5.41, 5.74) is 2.12. The summed E-state index contributed by atoms with van der Waals surface area (Å²) in [5.74, 6) is -1.25. The lowest BCUT2D eigenvalue weighted by Crippen LogP contribution is -2.45. The van der Waals surface area contributed by atoms with Gasteiger partial charge in [-0.2, -0.15) is 0 Å². The number of ether oxygens (including phenoxy) is 1. The lowest BCUT2D eigenvalue weighted by molar-refractivity contribution is -0.143. The van der Waals surface area contributed by atoms with Crippen LogP contribution in [0.2, 0.25) is 15.1 Å². The highest BCUT2D eigenvalue weighted by atomic mass is 35.5. The third kappa shape index (κ3) is 9.73. The van der Waals surface area contributed by atoms with Crippen LogP contribution >= 0.6 is 34.8 Å². The molecule has 252 valence electrons. The number of carbonyl (C=O) groups excluding carboxylic acids is 2. The maximum atomic E-state index is 14.0. The zero-order valence-corrected chi connectivity index (χ0v) is 28.7. The number of sulfonamides is 1. The summed E-state index contributed by atoms with van der Waals surface area (Å²) in [4.78, 5) is 29.2. The predicted octanol–water partition coefficient (Wildman–Crippen LogP) is 8.05. The van der Waals surface area contributed by atoms with Crippen LogP contribution in [0.4, 0.5) is 10.1 Å². The summed E-state index contributed by atoms with van der Waals surface area (Å²) in [6.07, 6.45) is 0. The maximum absolute atomic E-state index is 14.0. The van der Waals surface area contributed by atoms with E-state index in [2.05, 4.69) is 10.0 Å². The molecule has 0 spiro atoms. The van der Waals surface area contributed by atoms with E-state index in [0.29, 0.717) is 26.2 Å². The first kappa shape index (κ1) is 35.7. The third-order valence-electron chi connectivity index (χ3n) is 7.32. The van der Waals surface area contributed by atoms with E-state index in [9.17, 15) is 22.4 Å². The Labute approximate surface area is 298 Å². The van der Waals surface area contributed by atoms with Crippen LogP contribution in [-0.2, 0) is 32.7 Å². The minimum absolute atomic E-state index is 0.0419. The van der Waals surface area contributed by atoms with Crippen LogP contribution in [0, 0.1) is 5.82 Å². The largest absolute Gasteiger partial charge is 0.484 e. The monoisotopic (exact) mass is 739 g/mol. The molecule has 1 atom stereocenters. The van der Waals surface area contributed by atoms with Gasteiger partial charge in [-0.15, -0.1) is 0 Å². The van der Waals surface area contributed by atoms with Crippen molar-refractivity contribution in [3.05, 3.63) is 159 Å². The van der Waals surface area contributed by atoms with Gasteiger partial charge in [0.15, 0.2) is 6.61 Å². The van der Waals surface area contributed by atoms with Crippen molar-refractivity contribution in [1.82, 2.24) is 10.2 Å². The highest BCUT2D eigenvalue weighted by Gasteiger charge is 2.32. The highest BCUT2D eigenvalue weighted by Crippen LogP contribution is 2.27. The molecule has 49 heavy (non-hydrogen) atoms. The van der Waals surface area contributed by atoms with Crippen LogP contribution in [0.1, 0.15) is 22.7 Å². The van der Waals surface area contributed by atoms with E-state index in [-0.39, 0.29) is 29.4 Å². The Balaban J connectivity index is 1.36. The summed E-state index contributed by atoms with van der Waals surface area (Å²) in [5, 5.41) is 4.26. The molecule has 0 unspecified atom stereocenters. The summed E-state index contributed by atoms with van der Waals surface area (Å²) >= 11 is 18.5.